The van der Waals surface area contributed by atoms with Crippen molar-refractivity contribution in [2.45, 2.75) is 35.7 Å². The summed E-state index contributed by atoms with van der Waals surface area (Å²) in [4.78, 5) is 12.0. The van der Waals surface area contributed by atoms with Crippen molar-refractivity contribution in [2.24, 2.45) is 0 Å². The molecule has 1 fully saturated rings. The van der Waals surface area contributed by atoms with Crippen LogP contribution >= 0.6 is 0 Å². The number of halogens is 3. The van der Waals surface area contributed by atoms with Crippen LogP contribution in [0.25, 0.3) is 0 Å². The first-order valence-corrected chi connectivity index (χ1v) is 9.83. The van der Waals surface area contributed by atoms with Crippen LogP contribution in [0.15, 0.2) is 53.4 Å². The highest BCUT2D eigenvalue weighted by molar-refractivity contribution is 7.90. The quantitative estimate of drug-likeness (QED) is 0.839. The molecule has 28 heavy (non-hydrogen) atoms. The Hall–Kier alpha value is -2.86. The molecule has 2 aromatic carbocycles. The molecule has 0 atom stereocenters. The van der Waals surface area contributed by atoms with Gasteiger partial charge in [0.05, 0.1) is 27.5 Å². The summed E-state index contributed by atoms with van der Waals surface area (Å²) >= 11 is 0. The van der Waals surface area contributed by atoms with Gasteiger partial charge < -0.3 is 0 Å². The molecule has 1 aliphatic rings. The molecular weight excluding hydrogens is 393 g/mol. The fourth-order valence-corrected chi connectivity index (χ4v) is 4.31. The van der Waals surface area contributed by atoms with Crippen molar-refractivity contribution in [3.63, 3.8) is 0 Å². The zero-order chi connectivity index (χ0) is 20.6. The molecule has 0 heterocycles. The van der Waals surface area contributed by atoms with E-state index in [1.807, 2.05) is 4.72 Å². The zero-order valence-corrected chi connectivity index (χ0v) is 15.3. The van der Waals surface area contributed by atoms with Gasteiger partial charge in [0.25, 0.3) is 10.0 Å². The van der Waals surface area contributed by atoms with E-state index in [0.717, 1.165) is 18.6 Å². The van der Waals surface area contributed by atoms with E-state index in [4.69, 9.17) is 5.26 Å². The lowest BCUT2D eigenvalue weighted by atomic mass is 9.64. The number of hydrogen-bond acceptors (Lipinski definition) is 4. The number of nitriles is 1. The third kappa shape index (κ3) is 3.47. The third-order valence-electron chi connectivity index (χ3n) is 4.92. The van der Waals surface area contributed by atoms with E-state index in [1.165, 1.54) is 6.07 Å². The maximum atomic E-state index is 13.1. The number of carbonyl (C=O) groups excluding carboxylic acids is 1. The first-order valence-electron chi connectivity index (χ1n) is 8.34. The van der Waals surface area contributed by atoms with E-state index in [-0.39, 0.29) is 0 Å². The molecule has 1 saturated carbocycles. The Morgan fingerprint density at radius 3 is 2.25 bits per heavy atom. The molecule has 2 aromatic rings. The molecule has 0 bridgehead atoms. The SMILES string of the molecule is N#Cc1ccc(S(=O)(=O)NC(=O)C2(c3ccccc3)CCC2)cc1C(F)(F)F. The molecule has 0 unspecified atom stereocenters. The molecule has 1 amide bonds. The number of nitrogens with zero attached hydrogens (tertiary/aromatic N) is 1. The Bertz CT molecular complexity index is 1050. The molecule has 0 aromatic heterocycles. The van der Waals surface area contributed by atoms with E-state index in [1.54, 1.807) is 30.3 Å². The summed E-state index contributed by atoms with van der Waals surface area (Å²) in [7, 11) is -4.54. The Labute approximate surface area is 159 Å². The second-order valence-corrected chi connectivity index (χ2v) is 8.24. The minimum absolute atomic E-state index is 0.365. The number of hydrogen-bond donors (Lipinski definition) is 1. The van der Waals surface area contributed by atoms with Gasteiger partial charge in [-0.15, -0.1) is 0 Å². The molecule has 1 aliphatic carbocycles. The van der Waals surface area contributed by atoms with Crippen LogP contribution in [-0.2, 0) is 26.4 Å². The van der Waals surface area contributed by atoms with Crippen molar-refractivity contribution < 1.29 is 26.4 Å². The zero-order valence-electron chi connectivity index (χ0n) is 14.5. The van der Waals surface area contributed by atoms with E-state index >= 15 is 0 Å². The van der Waals surface area contributed by atoms with Crippen LogP contribution in [0.3, 0.4) is 0 Å². The van der Waals surface area contributed by atoms with Crippen LogP contribution in [0.2, 0.25) is 0 Å². The lowest BCUT2D eigenvalue weighted by Gasteiger charge is -2.40. The first-order chi connectivity index (χ1) is 13.1. The number of amides is 1. The Kier molecular flexibility index (Phi) is 4.93. The highest BCUT2D eigenvalue weighted by atomic mass is 32.2. The standard InChI is InChI=1S/C19H15F3N2O3S/c20-19(21,22)16-11-15(8-7-13(16)12-23)28(26,27)24-17(25)18(9-4-10-18)14-5-2-1-3-6-14/h1-3,5-8,11H,4,9-10H2,(H,24,25). The van der Waals surface area contributed by atoms with Crippen molar-refractivity contribution in [2.75, 3.05) is 0 Å². The van der Waals surface area contributed by atoms with Crippen molar-refractivity contribution >= 4 is 15.9 Å². The van der Waals surface area contributed by atoms with Gasteiger partial charge in [0.2, 0.25) is 5.91 Å². The topological polar surface area (TPSA) is 87.0 Å². The van der Waals surface area contributed by atoms with Crippen molar-refractivity contribution in [3.05, 3.63) is 65.2 Å². The number of benzene rings is 2. The number of sulfonamides is 1. The maximum Gasteiger partial charge on any atom is 0.417 e. The highest BCUT2D eigenvalue weighted by Gasteiger charge is 2.47. The molecule has 1 N–H and O–H groups in total. The molecule has 3 rings (SSSR count). The molecule has 0 spiro atoms. The summed E-state index contributed by atoms with van der Waals surface area (Å²) in [5.41, 5.74) is -2.43. The van der Waals surface area contributed by atoms with Gasteiger partial charge in [0.1, 0.15) is 0 Å². The van der Waals surface area contributed by atoms with Crippen molar-refractivity contribution in [3.8, 4) is 6.07 Å². The lowest BCUT2D eigenvalue weighted by molar-refractivity contribution is -0.138. The Morgan fingerprint density at radius 1 is 1.11 bits per heavy atom. The van der Waals surface area contributed by atoms with E-state index in [9.17, 15) is 26.4 Å². The van der Waals surface area contributed by atoms with Gasteiger partial charge in [-0.1, -0.05) is 36.8 Å². The minimum Gasteiger partial charge on any atom is -0.273 e. The summed E-state index contributed by atoms with van der Waals surface area (Å²) in [6.45, 7) is 0. The second-order valence-electron chi connectivity index (χ2n) is 6.55. The van der Waals surface area contributed by atoms with Gasteiger partial charge in [-0.2, -0.15) is 18.4 Å². The number of carbonyl (C=O) groups is 1. The van der Waals surface area contributed by atoms with Crippen LogP contribution in [0, 0.1) is 11.3 Å². The monoisotopic (exact) mass is 408 g/mol. The van der Waals surface area contributed by atoms with Gasteiger partial charge in [0, 0.05) is 0 Å². The summed E-state index contributed by atoms with van der Waals surface area (Å²) in [6.07, 6.45) is -3.28. The Morgan fingerprint density at radius 2 is 1.75 bits per heavy atom. The predicted octanol–water partition coefficient (Wildman–Crippen LogP) is 3.50. The largest absolute Gasteiger partial charge is 0.417 e. The number of rotatable bonds is 4. The van der Waals surface area contributed by atoms with Crippen molar-refractivity contribution in [1.82, 2.24) is 4.72 Å². The van der Waals surface area contributed by atoms with Crippen LogP contribution in [-0.4, -0.2) is 14.3 Å². The van der Waals surface area contributed by atoms with E-state index < -0.39 is 43.5 Å². The summed E-state index contributed by atoms with van der Waals surface area (Å²) in [5, 5.41) is 8.82. The molecular formula is C19H15F3N2O3S. The van der Waals surface area contributed by atoms with E-state index in [0.29, 0.717) is 24.5 Å². The second kappa shape index (κ2) is 6.95. The predicted molar refractivity (Wildman–Crippen MR) is 93.5 cm³/mol. The molecule has 146 valence electrons. The van der Waals surface area contributed by atoms with Gasteiger partial charge >= 0.3 is 6.18 Å². The smallest absolute Gasteiger partial charge is 0.273 e. The Balaban J connectivity index is 1.94. The van der Waals surface area contributed by atoms with Crippen LogP contribution < -0.4 is 4.72 Å². The summed E-state index contributed by atoms with van der Waals surface area (Å²) in [5.74, 6) is -0.775. The summed E-state index contributed by atoms with van der Waals surface area (Å²) < 4.78 is 66.3. The van der Waals surface area contributed by atoms with Crippen LogP contribution in [0.1, 0.15) is 36.0 Å². The number of nitrogens with one attached hydrogen (secondary N) is 1. The molecule has 0 radical (unpaired) electrons. The van der Waals surface area contributed by atoms with Gasteiger partial charge in [-0.3, -0.25) is 4.79 Å². The normalized spacial score (nSPS) is 15.9. The number of alkyl halides is 3. The first kappa shape index (κ1) is 19.9. The fraction of sp³-hybridized carbons (Fsp3) is 0.263. The summed E-state index contributed by atoms with van der Waals surface area (Å²) in [6, 6.07) is 12.1. The molecule has 0 aliphatic heterocycles. The average Bonchev–Trinajstić information content (AvgIpc) is 2.60. The maximum absolute atomic E-state index is 13.1. The van der Waals surface area contributed by atoms with Gasteiger partial charge in [-0.25, -0.2) is 13.1 Å². The van der Waals surface area contributed by atoms with Crippen molar-refractivity contribution in [1.29, 1.82) is 5.26 Å². The van der Waals surface area contributed by atoms with Gasteiger partial charge in [-0.05, 0) is 36.6 Å². The fourth-order valence-electron chi connectivity index (χ4n) is 3.24. The highest BCUT2D eigenvalue weighted by Crippen LogP contribution is 2.44. The third-order valence-corrected chi connectivity index (χ3v) is 6.25. The minimum atomic E-state index is -4.90. The van der Waals surface area contributed by atoms with Crippen LogP contribution in [0.5, 0.6) is 0 Å². The van der Waals surface area contributed by atoms with E-state index in [2.05, 4.69) is 0 Å². The van der Waals surface area contributed by atoms with Gasteiger partial charge in [0.15, 0.2) is 0 Å². The molecule has 5 nitrogen and oxygen atoms in total. The average molecular weight is 408 g/mol. The molecule has 0 saturated heterocycles. The molecule has 9 heteroatoms. The van der Waals surface area contributed by atoms with Crippen LogP contribution in [0.4, 0.5) is 13.2 Å². The lowest BCUT2D eigenvalue weighted by Crippen LogP contribution is -2.50.